The molecule has 0 spiro atoms. The molecule has 0 saturated carbocycles. The van der Waals surface area contributed by atoms with Crippen LogP contribution in [0.4, 0.5) is 0 Å². The van der Waals surface area contributed by atoms with Crippen LogP contribution in [-0.2, 0) is 9.59 Å². The van der Waals surface area contributed by atoms with Gasteiger partial charge in [-0.15, -0.1) is 0 Å². The third-order valence-electron chi connectivity index (χ3n) is 4.02. The molecule has 1 aromatic heterocycles. The van der Waals surface area contributed by atoms with Crippen LogP contribution in [0.25, 0.3) is 0 Å². The molecule has 1 unspecified atom stereocenters. The van der Waals surface area contributed by atoms with Gasteiger partial charge in [-0.05, 0) is 31.6 Å². The molecule has 0 aromatic carbocycles. The summed E-state index contributed by atoms with van der Waals surface area (Å²) >= 11 is 0. The summed E-state index contributed by atoms with van der Waals surface area (Å²) in [7, 11) is 0. The van der Waals surface area contributed by atoms with Crippen molar-refractivity contribution in [3.05, 3.63) is 53.9 Å². The first-order valence-corrected chi connectivity index (χ1v) is 8.59. The number of aryl methyl sites for hydroxylation is 1. The number of hydrogen-bond acceptors (Lipinski definition) is 5. The summed E-state index contributed by atoms with van der Waals surface area (Å²) in [5, 5.41) is 5.41. The highest BCUT2D eigenvalue weighted by Gasteiger charge is 2.28. The lowest BCUT2D eigenvalue weighted by molar-refractivity contribution is -0.119. The molecule has 2 N–H and O–H groups in total. The Labute approximate surface area is 156 Å². The minimum absolute atomic E-state index is 0.138. The van der Waals surface area contributed by atoms with Gasteiger partial charge in [0.15, 0.2) is 0 Å². The van der Waals surface area contributed by atoms with E-state index in [0.29, 0.717) is 30.8 Å². The van der Waals surface area contributed by atoms with Gasteiger partial charge in [0.2, 0.25) is 5.84 Å². The summed E-state index contributed by atoms with van der Waals surface area (Å²) in [5.41, 5.74) is 1.84. The molecule has 0 radical (unpaired) electrons. The van der Waals surface area contributed by atoms with Crippen molar-refractivity contribution in [3.63, 3.8) is 0 Å². The van der Waals surface area contributed by atoms with Crippen LogP contribution in [-0.4, -0.2) is 47.3 Å². The second-order valence-corrected chi connectivity index (χ2v) is 6.09. The van der Waals surface area contributed by atoms with E-state index in [1.807, 2.05) is 6.92 Å². The number of nitrogens with one attached hydrogen (secondary N) is 2. The lowest BCUT2D eigenvalue weighted by Gasteiger charge is -2.17. The Bertz CT molecular complexity index is 881. The molecule has 0 fully saturated rings. The lowest BCUT2D eigenvalue weighted by Crippen LogP contribution is -2.37. The fourth-order valence-electron chi connectivity index (χ4n) is 2.55. The molecule has 0 saturated heterocycles. The molecule has 27 heavy (non-hydrogen) atoms. The maximum atomic E-state index is 12.1. The zero-order chi connectivity index (χ0) is 19.2. The molecular weight excluding hydrogens is 346 g/mol. The number of aromatic nitrogens is 1. The highest BCUT2D eigenvalue weighted by molar-refractivity contribution is 6.44. The Morgan fingerprint density at radius 1 is 1.07 bits per heavy atom. The van der Waals surface area contributed by atoms with Crippen LogP contribution in [0.3, 0.4) is 0 Å². The molecule has 3 rings (SSSR count). The number of hydrogen-bond donors (Lipinski definition) is 2. The van der Waals surface area contributed by atoms with Crippen molar-refractivity contribution in [1.29, 1.82) is 0 Å². The summed E-state index contributed by atoms with van der Waals surface area (Å²) in [5.74, 6) is -1.76. The van der Waals surface area contributed by atoms with Gasteiger partial charge in [-0.1, -0.05) is 18.2 Å². The van der Waals surface area contributed by atoms with Gasteiger partial charge in [0.25, 0.3) is 17.7 Å². The number of allylic oxidation sites excluding steroid dienone is 3. The van der Waals surface area contributed by atoms with Crippen LogP contribution in [0.5, 0.6) is 0 Å². The van der Waals surface area contributed by atoms with Crippen molar-refractivity contribution in [2.45, 2.75) is 13.3 Å². The van der Waals surface area contributed by atoms with E-state index in [4.69, 9.17) is 0 Å². The first kappa shape index (κ1) is 18.4. The standard InChI is InChI=1S/C19H19N5O3/c1-12-7-8-13(11-22-12)17(25)20-9-4-10-21-19(27)16-23-15-6-3-2-5-14(15)18(26)24-16/h2-3,5-8,11,14H,4,9-10H2,1H3,(H,20,25)(H,21,27). The number of carbonyl (C=O) groups excluding carboxylic acids is 3. The second kappa shape index (κ2) is 8.31. The molecule has 1 aromatic rings. The zero-order valence-corrected chi connectivity index (χ0v) is 14.8. The van der Waals surface area contributed by atoms with Crippen molar-refractivity contribution in [3.8, 4) is 0 Å². The van der Waals surface area contributed by atoms with Crippen LogP contribution in [0.1, 0.15) is 22.5 Å². The summed E-state index contributed by atoms with van der Waals surface area (Å²) in [6.07, 6.45) is 8.95. The van der Waals surface area contributed by atoms with Gasteiger partial charge in [-0.2, -0.15) is 4.99 Å². The van der Waals surface area contributed by atoms with E-state index in [-0.39, 0.29) is 11.7 Å². The van der Waals surface area contributed by atoms with E-state index in [0.717, 1.165) is 5.69 Å². The monoisotopic (exact) mass is 365 g/mol. The Hall–Kier alpha value is -3.42. The van der Waals surface area contributed by atoms with Crippen LogP contribution in [0, 0.1) is 12.8 Å². The van der Waals surface area contributed by atoms with E-state index in [9.17, 15) is 14.4 Å². The third kappa shape index (κ3) is 4.60. The summed E-state index contributed by atoms with van der Waals surface area (Å²) in [6, 6.07) is 3.48. The average molecular weight is 365 g/mol. The fourth-order valence-corrected chi connectivity index (χ4v) is 2.55. The normalized spacial score (nSPS) is 17.7. The van der Waals surface area contributed by atoms with Crippen LogP contribution >= 0.6 is 0 Å². The van der Waals surface area contributed by atoms with Crippen molar-refractivity contribution in [2.75, 3.05) is 13.1 Å². The van der Waals surface area contributed by atoms with E-state index in [2.05, 4.69) is 25.6 Å². The van der Waals surface area contributed by atoms with Gasteiger partial charge in [0.1, 0.15) is 5.92 Å². The number of fused-ring (bicyclic) bond motifs is 1. The Balaban J connectivity index is 1.42. The maximum Gasteiger partial charge on any atom is 0.289 e. The minimum atomic E-state index is -0.508. The van der Waals surface area contributed by atoms with Gasteiger partial charge in [-0.3, -0.25) is 19.4 Å². The van der Waals surface area contributed by atoms with Gasteiger partial charge in [0.05, 0.1) is 11.3 Å². The Kier molecular flexibility index (Phi) is 5.65. The van der Waals surface area contributed by atoms with Crippen molar-refractivity contribution >= 4 is 29.3 Å². The number of amides is 3. The predicted molar refractivity (Wildman–Crippen MR) is 101 cm³/mol. The van der Waals surface area contributed by atoms with Crippen molar-refractivity contribution in [2.24, 2.45) is 15.9 Å². The molecule has 8 heteroatoms. The molecule has 1 aliphatic carbocycles. The van der Waals surface area contributed by atoms with Crippen LogP contribution in [0.2, 0.25) is 0 Å². The first-order chi connectivity index (χ1) is 13.0. The number of aliphatic imine (C=N–C) groups is 2. The quantitative estimate of drug-likeness (QED) is 0.724. The maximum absolute atomic E-state index is 12.1. The minimum Gasteiger partial charge on any atom is -0.352 e. The van der Waals surface area contributed by atoms with Gasteiger partial charge < -0.3 is 10.6 Å². The van der Waals surface area contributed by atoms with E-state index < -0.39 is 17.7 Å². The molecule has 1 aliphatic heterocycles. The van der Waals surface area contributed by atoms with Crippen molar-refractivity contribution in [1.82, 2.24) is 15.6 Å². The molecule has 2 aliphatic rings. The zero-order valence-electron chi connectivity index (χ0n) is 14.8. The number of amidine groups is 1. The Morgan fingerprint density at radius 3 is 2.59 bits per heavy atom. The molecule has 8 nitrogen and oxygen atoms in total. The highest BCUT2D eigenvalue weighted by atomic mass is 16.2. The van der Waals surface area contributed by atoms with Crippen LogP contribution in [0.15, 0.2) is 52.6 Å². The SMILES string of the molecule is Cc1ccc(C(=O)NCCCNC(=O)C2=NC(=O)C3C=CC=CC3=N2)cn1. The predicted octanol–water partition coefficient (Wildman–Crippen LogP) is 0.748. The molecular formula is C19H19N5O3. The van der Waals surface area contributed by atoms with Gasteiger partial charge >= 0.3 is 0 Å². The number of carbonyl (C=O) groups is 3. The van der Waals surface area contributed by atoms with Crippen LogP contribution < -0.4 is 10.6 Å². The number of pyridine rings is 1. The van der Waals surface area contributed by atoms with Gasteiger partial charge in [-0.25, -0.2) is 4.99 Å². The largest absolute Gasteiger partial charge is 0.352 e. The summed E-state index contributed by atoms with van der Waals surface area (Å²) in [4.78, 5) is 48.0. The van der Waals surface area contributed by atoms with Gasteiger partial charge in [0, 0.05) is 25.0 Å². The highest BCUT2D eigenvalue weighted by Crippen LogP contribution is 2.16. The molecule has 1 atom stereocenters. The van der Waals surface area contributed by atoms with E-state index in [1.54, 1.807) is 36.4 Å². The molecule has 2 heterocycles. The van der Waals surface area contributed by atoms with E-state index in [1.165, 1.54) is 6.20 Å². The number of nitrogens with zero attached hydrogens (tertiary/aromatic N) is 3. The average Bonchev–Trinajstić information content (AvgIpc) is 2.68. The van der Waals surface area contributed by atoms with Crippen molar-refractivity contribution < 1.29 is 14.4 Å². The third-order valence-corrected chi connectivity index (χ3v) is 4.02. The fraction of sp³-hybridized carbons (Fsp3) is 0.263. The smallest absolute Gasteiger partial charge is 0.289 e. The Morgan fingerprint density at radius 2 is 1.85 bits per heavy atom. The first-order valence-electron chi connectivity index (χ1n) is 8.59. The topological polar surface area (TPSA) is 113 Å². The second-order valence-electron chi connectivity index (χ2n) is 6.09. The lowest BCUT2D eigenvalue weighted by atomic mass is 9.96. The van der Waals surface area contributed by atoms with E-state index >= 15 is 0 Å². The number of rotatable bonds is 6. The summed E-state index contributed by atoms with van der Waals surface area (Å²) in [6.45, 7) is 2.56. The molecule has 138 valence electrons. The molecule has 3 amide bonds. The molecule has 0 bridgehead atoms. The summed E-state index contributed by atoms with van der Waals surface area (Å²) < 4.78 is 0.